The summed E-state index contributed by atoms with van der Waals surface area (Å²) in [5.41, 5.74) is 8.40. The molecule has 2 rings (SSSR count). The van der Waals surface area contributed by atoms with Gasteiger partial charge in [-0.1, -0.05) is 0 Å². The summed E-state index contributed by atoms with van der Waals surface area (Å²) in [6.07, 6.45) is 2.94. The Morgan fingerprint density at radius 3 is 2.80 bits per heavy atom. The Morgan fingerprint density at radius 2 is 2.27 bits per heavy atom. The normalized spacial score (nSPS) is 25.7. The number of hydrogen-bond acceptors (Lipinski definition) is 4. The molecule has 0 aromatic carbocycles. The van der Waals surface area contributed by atoms with E-state index < -0.39 is 12.1 Å². The lowest BCUT2D eigenvalue weighted by Crippen LogP contribution is -2.49. The van der Waals surface area contributed by atoms with E-state index >= 15 is 0 Å². The van der Waals surface area contributed by atoms with Crippen molar-refractivity contribution in [3.63, 3.8) is 0 Å². The summed E-state index contributed by atoms with van der Waals surface area (Å²) in [5, 5.41) is 4.42. The van der Waals surface area contributed by atoms with E-state index in [1.165, 1.54) is 6.20 Å². The van der Waals surface area contributed by atoms with E-state index in [9.17, 15) is 9.59 Å². The largest absolute Gasteiger partial charge is 0.366 e. The molecule has 0 aromatic heterocycles. The average Bonchev–Trinajstić information content (AvgIpc) is 2.94. The minimum Gasteiger partial charge on any atom is -0.366 e. The van der Waals surface area contributed by atoms with Gasteiger partial charge < -0.3 is 16.5 Å². The third kappa shape index (κ3) is 1.94. The predicted molar refractivity (Wildman–Crippen MR) is 52.8 cm³/mol. The topological polar surface area (TPSA) is 87.5 Å². The van der Waals surface area contributed by atoms with Gasteiger partial charge in [-0.3, -0.25) is 9.59 Å². The Balaban J connectivity index is 2.02. The average molecular weight is 210 g/mol. The van der Waals surface area contributed by atoms with Crippen LogP contribution in [-0.4, -0.2) is 30.0 Å². The molecule has 1 heterocycles. The standard InChI is InChI=1S/C9H14N4O2/c1-13-8(6(4-11-13)7(10)14)12-9(15)5-2-3-5/h4-5,8,11H,2-3H2,1H3,(H2,10,14)(H,12,15). The molecule has 82 valence electrons. The lowest BCUT2D eigenvalue weighted by molar-refractivity contribution is -0.124. The highest BCUT2D eigenvalue weighted by molar-refractivity contribution is 5.94. The molecule has 1 aliphatic carbocycles. The third-order valence-electron chi connectivity index (χ3n) is 2.62. The Hall–Kier alpha value is -1.56. The van der Waals surface area contributed by atoms with Crippen molar-refractivity contribution in [3.8, 4) is 0 Å². The maximum Gasteiger partial charge on any atom is 0.249 e. The second-order valence-corrected chi connectivity index (χ2v) is 3.89. The van der Waals surface area contributed by atoms with Crippen LogP contribution in [-0.2, 0) is 9.59 Å². The van der Waals surface area contributed by atoms with Gasteiger partial charge in [-0.2, -0.15) is 0 Å². The van der Waals surface area contributed by atoms with Gasteiger partial charge in [-0.25, -0.2) is 5.01 Å². The molecule has 0 spiro atoms. The summed E-state index contributed by atoms with van der Waals surface area (Å²) >= 11 is 0. The number of nitrogens with one attached hydrogen (secondary N) is 2. The number of hydrogen-bond donors (Lipinski definition) is 3. The second-order valence-electron chi connectivity index (χ2n) is 3.89. The molecule has 2 aliphatic rings. The zero-order valence-corrected chi connectivity index (χ0v) is 8.49. The van der Waals surface area contributed by atoms with Gasteiger partial charge in [-0.15, -0.1) is 0 Å². The van der Waals surface area contributed by atoms with E-state index in [0.717, 1.165) is 12.8 Å². The van der Waals surface area contributed by atoms with Crippen molar-refractivity contribution < 1.29 is 9.59 Å². The SMILES string of the molecule is CN1NC=C(C(N)=O)C1NC(=O)C1CC1. The van der Waals surface area contributed by atoms with Crippen molar-refractivity contribution in [2.45, 2.75) is 19.0 Å². The number of hydrazine groups is 1. The zero-order chi connectivity index (χ0) is 11.0. The Morgan fingerprint density at radius 1 is 1.60 bits per heavy atom. The van der Waals surface area contributed by atoms with Crippen LogP contribution in [0, 0.1) is 5.92 Å². The number of nitrogens with zero attached hydrogens (tertiary/aromatic N) is 1. The van der Waals surface area contributed by atoms with Crippen LogP contribution in [0.2, 0.25) is 0 Å². The second kappa shape index (κ2) is 3.54. The highest BCUT2D eigenvalue weighted by atomic mass is 16.2. The molecule has 0 saturated heterocycles. The van der Waals surface area contributed by atoms with E-state index in [4.69, 9.17) is 5.73 Å². The van der Waals surface area contributed by atoms with Crippen LogP contribution in [0.5, 0.6) is 0 Å². The Kier molecular flexibility index (Phi) is 2.36. The van der Waals surface area contributed by atoms with E-state index in [2.05, 4.69) is 10.7 Å². The van der Waals surface area contributed by atoms with Crippen molar-refractivity contribution in [2.24, 2.45) is 11.7 Å². The molecule has 0 bridgehead atoms. The molecule has 15 heavy (non-hydrogen) atoms. The van der Waals surface area contributed by atoms with Gasteiger partial charge in [-0.05, 0) is 12.8 Å². The number of amides is 2. The quantitative estimate of drug-likeness (QED) is 0.538. The Bertz CT molecular complexity index is 335. The number of nitrogens with two attached hydrogens (primary N) is 1. The van der Waals surface area contributed by atoms with Gasteiger partial charge in [0.25, 0.3) is 0 Å². The minimum atomic E-state index is -0.520. The summed E-state index contributed by atoms with van der Waals surface area (Å²) in [6, 6.07) is 0. The molecule has 0 radical (unpaired) electrons. The number of rotatable bonds is 3. The monoisotopic (exact) mass is 210 g/mol. The number of primary amides is 1. The number of likely N-dealkylation sites (N-methyl/N-ethyl adjacent to an activating group) is 1. The molecule has 1 atom stereocenters. The molecule has 4 N–H and O–H groups in total. The molecule has 1 saturated carbocycles. The van der Waals surface area contributed by atoms with Crippen LogP contribution >= 0.6 is 0 Å². The number of carbonyl (C=O) groups excluding carboxylic acids is 2. The molecule has 2 amide bonds. The lowest BCUT2D eigenvalue weighted by Gasteiger charge is -2.22. The van der Waals surface area contributed by atoms with E-state index in [1.54, 1.807) is 12.1 Å². The molecule has 6 heteroatoms. The van der Waals surface area contributed by atoms with Crippen molar-refractivity contribution in [3.05, 3.63) is 11.8 Å². The summed E-state index contributed by atoms with van der Waals surface area (Å²) in [5.74, 6) is -0.413. The first-order chi connectivity index (χ1) is 7.09. The summed E-state index contributed by atoms with van der Waals surface area (Å²) in [7, 11) is 1.74. The first kappa shape index (κ1) is 9.97. The minimum absolute atomic E-state index is 0.0114. The smallest absolute Gasteiger partial charge is 0.249 e. The van der Waals surface area contributed by atoms with Crippen LogP contribution in [0.15, 0.2) is 11.8 Å². The van der Waals surface area contributed by atoms with Crippen molar-refractivity contribution in [1.82, 2.24) is 15.8 Å². The maximum atomic E-state index is 11.5. The summed E-state index contributed by atoms with van der Waals surface area (Å²) < 4.78 is 0. The predicted octanol–water partition coefficient (Wildman–Crippen LogP) is -1.34. The first-order valence-electron chi connectivity index (χ1n) is 4.89. The van der Waals surface area contributed by atoms with Gasteiger partial charge in [0, 0.05) is 19.2 Å². The first-order valence-corrected chi connectivity index (χ1v) is 4.89. The van der Waals surface area contributed by atoms with Gasteiger partial charge in [0.15, 0.2) is 0 Å². The highest BCUT2D eigenvalue weighted by Crippen LogP contribution is 2.29. The van der Waals surface area contributed by atoms with Gasteiger partial charge in [0.2, 0.25) is 11.8 Å². The van der Waals surface area contributed by atoms with Crippen LogP contribution < -0.4 is 16.5 Å². The number of carbonyl (C=O) groups is 2. The molecular weight excluding hydrogens is 196 g/mol. The van der Waals surface area contributed by atoms with Gasteiger partial charge in [0.1, 0.15) is 6.17 Å². The fourth-order valence-corrected chi connectivity index (χ4v) is 1.51. The van der Waals surface area contributed by atoms with Crippen LogP contribution in [0.25, 0.3) is 0 Å². The van der Waals surface area contributed by atoms with Gasteiger partial charge in [0.05, 0.1) is 5.57 Å². The fraction of sp³-hybridized carbons (Fsp3) is 0.556. The third-order valence-corrected chi connectivity index (χ3v) is 2.62. The van der Waals surface area contributed by atoms with Crippen LogP contribution in [0.1, 0.15) is 12.8 Å². The molecule has 6 nitrogen and oxygen atoms in total. The molecule has 1 aliphatic heterocycles. The van der Waals surface area contributed by atoms with Crippen molar-refractivity contribution in [1.29, 1.82) is 0 Å². The van der Waals surface area contributed by atoms with Crippen molar-refractivity contribution >= 4 is 11.8 Å². The highest BCUT2D eigenvalue weighted by Gasteiger charge is 2.35. The molecule has 1 unspecified atom stereocenters. The fourth-order valence-electron chi connectivity index (χ4n) is 1.51. The van der Waals surface area contributed by atoms with Crippen molar-refractivity contribution in [2.75, 3.05) is 7.05 Å². The lowest BCUT2D eigenvalue weighted by atomic mass is 10.2. The summed E-state index contributed by atoms with van der Waals surface area (Å²) in [4.78, 5) is 22.6. The zero-order valence-electron chi connectivity index (χ0n) is 8.49. The van der Waals surface area contributed by atoms with Crippen LogP contribution in [0.4, 0.5) is 0 Å². The molecule has 0 aromatic rings. The molecule has 1 fully saturated rings. The Labute approximate surface area is 87.5 Å². The van der Waals surface area contributed by atoms with Crippen LogP contribution in [0.3, 0.4) is 0 Å². The van der Waals surface area contributed by atoms with E-state index in [1.807, 2.05) is 0 Å². The van der Waals surface area contributed by atoms with E-state index in [0.29, 0.717) is 5.57 Å². The maximum absolute atomic E-state index is 11.5. The van der Waals surface area contributed by atoms with E-state index in [-0.39, 0.29) is 11.8 Å². The molecular formula is C9H14N4O2. The summed E-state index contributed by atoms with van der Waals surface area (Å²) in [6.45, 7) is 0. The van der Waals surface area contributed by atoms with Gasteiger partial charge >= 0.3 is 0 Å².